The summed E-state index contributed by atoms with van der Waals surface area (Å²) < 4.78 is 15.3. The molecule has 0 aliphatic carbocycles. The first-order valence-electron chi connectivity index (χ1n) is 11.2. The summed E-state index contributed by atoms with van der Waals surface area (Å²) >= 11 is 0. The van der Waals surface area contributed by atoms with Crippen molar-refractivity contribution in [1.82, 2.24) is 24.2 Å². The summed E-state index contributed by atoms with van der Waals surface area (Å²) in [6, 6.07) is 7.96. The van der Waals surface area contributed by atoms with E-state index in [9.17, 15) is 4.79 Å². The fraction of sp³-hybridized carbons (Fsp3) is 0.320. The van der Waals surface area contributed by atoms with E-state index in [2.05, 4.69) is 34.2 Å². The molecule has 0 amide bonds. The first-order chi connectivity index (χ1) is 16.1. The third-order valence-electron chi connectivity index (χ3n) is 6.74. The predicted octanol–water partition coefficient (Wildman–Crippen LogP) is 3.31. The second kappa shape index (κ2) is 7.83. The number of hydrogen-bond acceptors (Lipinski definition) is 6. The van der Waals surface area contributed by atoms with E-state index < -0.39 is 0 Å². The van der Waals surface area contributed by atoms with Crippen molar-refractivity contribution in [3.05, 3.63) is 76.9 Å². The molecule has 0 spiro atoms. The van der Waals surface area contributed by atoms with Gasteiger partial charge in [-0.15, -0.1) is 0 Å². The highest BCUT2D eigenvalue weighted by Gasteiger charge is 2.29. The van der Waals surface area contributed by atoms with Gasteiger partial charge in [0, 0.05) is 61.8 Å². The van der Waals surface area contributed by atoms with E-state index in [1.165, 1.54) is 0 Å². The van der Waals surface area contributed by atoms with Gasteiger partial charge in [-0.3, -0.25) is 4.90 Å². The number of benzene rings is 1. The first kappa shape index (κ1) is 20.1. The van der Waals surface area contributed by atoms with Crippen LogP contribution in [0.3, 0.4) is 0 Å². The lowest BCUT2D eigenvalue weighted by Crippen LogP contribution is -2.38. The van der Waals surface area contributed by atoms with Crippen molar-refractivity contribution in [2.75, 3.05) is 19.7 Å². The zero-order valence-corrected chi connectivity index (χ0v) is 18.7. The summed E-state index contributed by atoms with van der Waals surface area (Å²) in [6.45, 7) is 5.53. The molecule has 5 heterocycles. The number of aryl methyl sites for hydroxylation is 1. The van der Waals surface area contributed by atoms with Crippen LogP contribution in [0.4, 0.5) is 0 Å². The molecule has 1 atom stereocenters. The number of carbonyl (C=O) groups excluding carboxylic acids is 1. The maximum atomic E-state index is 11.9. The molecule has 33 heavy (non-hydrogen) atoms. The summed E-state index contributed by atoms with van der Waals surface area (Å²) in [5.41, 5.74) is 7.03. The van der Waals surface area contributed by atoms with Gasteiger partial charge in [0.05, 0.1) is 30.2 Å². The maximum absolute atomic E-state index is 11.9. The Balaban J connectivity index is 1.21. The van der Waals surface area contributed by atoms with Gasteiger partial charge in [0.15, 0.2) is 0 Å². The standard InChI is InChI=1S/C25H25N5O3/c1-16-18(3-4-19-21(16)15-33-25(19)31)23-14-29(9-10-32-23)12-17-11-27-30(13-17)22-5-7-26-24-20(22)6-8-28(24)2/h3-8,11,13,23H,9-10,12,14-15H2,1-2H3/t23-/m0/s1. The molecule has 2 aliphatic heterocycles. The number of pyridine rings is 1. The van der Waals surface area contributed by atoms with Crippen molar-refractivity contribution in [2.24, 2.45) is 7.05 Å². The number of morpholine rings is 1. The van der Waals surface area contributed by atoms with Crippen molar-refractivity contribution < 1.29 is 14.3 Å². The molecule has 6 rings (SSSR count). The molecule has 0 N–H and O–H groups in total. The molecule has 0 radical (unpaired) electrons. The number of carbonyl (C=O) groups is 1. The van der Waals surface area contributed by atoms with E-state index in [1.807, 2.05) is 53.1 Å². The van der Waals surface area contributed by atoms with Crippen LogP contribution in [0.1, 0.15) is 38.7 Å². The molecule has 4 aromatic rings. The van der Waals surface area contributed by atoms with Gasteiger partial charge in [-0.25, -0.2) is 14.5 Å². The lowest BCUT2D eigenvalue weighted by Gasteiger charge is -2.33. The van der Waals surface area contributed by atoms with Crippen LogP contribution in [0.25, 0.3) is 16.7 Å². The number of hydrogen-bond donors (Lipinski definition) is 0. The molecule has 1 saturated heterocycles. The van der Waals surface area contributed by atoms with Crippen LogP contribution in [-0.4, -0.2) is 49.9 Å². The number of rotatable bonds is 4. The van der Waals surface area contributed by atoms with Gasteiger partial charge in [-0.1, -0.05) is 6.07 Å². The summed E-state index contributed by atoms with van der Waals surface area (Å²) in [5, 5.41) is 5.70. The second-order valence-corrected chi connectivity index (χ2v) is 8.76. The van der Waals surface area contributed by atoms with Crippen molar-refractivity contribution in [3.63, 3.8) is 0 Å². The average Bonchev–Trinajstić information content (AvgIpc) is 3.54. The molecule has 3 aromatic heterocycles. The molecule has 0 bridgehead atoms. The minimum Gasteiger partial charge on any atom is -0.457 e. The van der Waals surface area contributed by atoms with Crippen LogP contribution >= 0.6 is 0 Å². The highest BCUT2D eigenvalue weighted by molar-refractivity contribution is 5.94. The van der Waals surface area contributed by atoms with Crippen molar-refractivity contribution >= 4 is 17.0 Å². The van der Waals surface area contributed by atoms with E-state index in [-0.39, 0.29) is 12.1 Å². The van der Waals surface area contributed by atoms with E-state index >= 15 is 0 Å². The van der Waals surface area contributed by atoms with Gasteiger partial charge < -0.3 is 14.0 Å². The highest BCUT2D eigenvalue weighted by Crippen LogP contribution is 2.32. The van der Waals surface area contributed by atoms with Gasteiger partial charge >= 0.3 is 5.97 Å². The SMILES string of the molecule is Cc1c([C@@H]2CN(Cc3cnn(-c4ccnc5c4ccn5C)c3)CCO2)ccc2c1COC2=O. The minimum atomic E-state index is -0.232. The number of ether oxygens (including phenoxy) is 2. The Morgan fingerprint density at radius 3 is 3.03 bits per heavy atom. The number of cyclic esters (lactones) is 1. The van der Waals surface area contributed by atoms with Crippen LogP contribution in [-0.2, 0) is 29.7 Å². The Morgan fingerprint density at radius 1 is 1.21 bits per heavy atom. The van der Waals surface area contributed by atoms with E-state index in [0.29, 0.717) is 18.8 Å². The Kier molecular flexibility index (Phi) is 4.78. The smallest absolute Gasteiger partial charge is 0.338 e. The van der Waals surface area contributed by atoms with Crippen LogP contribution in [0, 0.1) is 6.92 Å². The summed E-state index contributed by atoms with van der Waals surface area (Å²) in [7, 11) is 2.00. The Hall–Kier alpha value is -3.49. The fourth-order valence-corrected chi connectivity index (χ4v) is 4.93. The van der Waals surface area contributed by atoms with Crippen LogP contribution in [0.15, 0.2) is 49.1 Å². The molecular formula is C25H25N5O3. The number of nitrogens with zero attached hydrogens (tertiary/aromatic N) is 5. The minimum absolute atomic E-state index is 0.0288. The quantitative estimate of drug-likeness (QED) is 0.451. The predicted molar refractivity (Wildman–Crippen MR) is 122 cm³/mol. The highest BCUT2D eigenvalue weighted by atomic mass is 16.5. The normalized spacial score (nSPS) is 18.6. The van der Waals surface area contributed by atoms with E-state index in [0.717, 1.165) is 58.6 Å². The molecule has 1 aromatic carbocycles. The van der Waals surface area contributed by atoms with Gasteiger partial charge in [-0.2, -0.15) is 5.10 Å². The third-order valence-corrected chi connectivity index (χ3v) is 6.74. The van der Waals surface area contributed by atoms with Gasteiger partial charge in [-0.05, 0) is 36.2 Å². The number of fused-ring (bicyclic) bond motifs is 2. The molecule has 8 heteroatoms. The number of esters is 1. The molecule has 0 unspecified atom stereocenters. The van der Waals surface area contributed by atoms with Crippen LogP contribution in [0.5, 0.6) is 0 Å². The third kappa shape index (κ3) is 3.42. The van der Waals surface area contributed by atoms with Gasteiger partial charge in [0.2, 0.25) is 0 Å². The van der Waals surface area contributed by atoms with Crippen molar-refractivity contribution in [2.45, 2.75) is 26.2 Å². The molecule has 168 valence electrons. The first-order valence-corrected chi connectivity index (χ1v) is 11.2. The monoisotopic (exact) mass is 443 g/mol. The zero-order chi connectivity index (χ0) is 22.5. The van der Waals surface area contributed by atoms with Crippen molar-refractivity contribution in [3.8, 4) is 5.69 Å². The van der Waals surface area contributed by atoms with Crippen LogP contribution in [0.2, 0.25) is 0 Å². The Morgan fingerprint density at radius 2 is 2.12 bits per heavy atom. The molecular weight excluding hydrogens is 418 g/mol. The van der Waals surface area contributed by atoms with Gasteiger partial charge in [0.1, 0.15) is 12.3 Å². The lowest BCUT2D eigenvalue weighted by atomic mass is 9.94. The molecule has 8 nitrogen and oxygen atoms in total. The maximum Gasteiger partial charge on any atom is 0.338 e. The average molecular weight is 444 g/mol. The molecule has 1 fully saturated rings. The summed E-state index contributed by atoms with van der Waals surface area (Å²) in [4.78, 5) is 18.7. The largest absolute Gasteiger partial charge is 0.457 e. The number of aromatic nitrogens is 4. The molecule has 2 aliphatic rings. The van der Waals surface area contributed by atoms with Crippen molar-refractivity contribution in [1.29, 1.82) is 0 Å². The molecule has 0 saturated carbocycles. The van der Waals surface area contributed by atoms with E-state index in [4.69, 9.17) is 9.47 Å². The zero-order valence-electron chi connectivity index (χ0n) is 18.7. The van der Waals surface area contributed by atoms with Gasteiger partial charge in [0.25, 0.3) is 0 Å². The Bertz CT molecular complexity index is 1370. The fourth-order valence-electron chi connectivity index (χ4n) is 4.93. The topological polar surface area (TPSA) is 74.4 Å². The van der Waals surface area contributed by atoms with E-state index in [1.54, 1.807) is 0 Å². The van der Waals surface area contributed by atoms with Crippen LogP contribution < -0.4 is 0 Å². The second-order valence-electron chi connectivity index (χ2n) is 8.76. The Labute approximate surface area is 191 Å². The summed E-state index contributed by atoms with van der Waals surface area (Å²) in [5.74, 6) is -0.232. The summed E-state index contributed by atoms with van der Waals surface area (Å²) in [6.07, 6.45) is 7.84. The lowest BCUT2D eigenvalue weighted by molar-refractivity contribution is -0.0332.